The van der Waals surface area contributed by atoms with Crippen molar-refractivity contribution in [1.82, 2.24) is 4.98 Å². The Kier molecular flexibility index (Phi) is 2.95. The largest absolute Gasteiger partial charge is 0.494 e. The van der Waals surface area contributed by atoms with E-state index >= 15 is 0 Å². The number of benzene rings is 1. The predicted molar refractivity (Wildman–Crippen MR) is 73.7 cm³/mol. The molecule has 1 aromatic heterocycles. The van der Waals surface area contributed by atoms with E-state index in [0.29, 0.717) is 11.3 Å². The molecule has 0 fully saturated rings. The Hall–Kier alpha value is -1.59. The molecule has 1 aliphatic carbocycles. The van der Waals surface area contributed by atoms with Gasteiger partial charge in [0.2, 0.25) is 5.88 Å². The van der Waals surface area contributed by atoms with Gasteiger partial charge in [0.25, 0.3) is 0 Å². The second-order valence-corrected chi connectivity index (χ2v) is 6.19. The number of thiazole rings is 1. The summed E-state index contributed by atoms with van der Waals surface area (Å²) >= 11 is 1.03. The van der Waals surface area contributed by atoms with Gasteiger partial charge in [0.05, 0.1) is 11.0 Å². The molecular weight excluding hydrogens is 262 g/mol. The van der Waals surface area contributed by atoms with Gasteiger partial charge in [-0.2, -0.15) is 0 Å². The molecule has 1 heterocycles. The van der Waals surface area contributed by atoms with Crippen LogP contribution in [0.4, 0.5) is 0 Å². The molecule has 0 bridgehead atoms. The molecule has 5 heteroatoms. The van der Waals surface area contributed by atoms with Gasteiger partial charge in [-0.3, -0.25) is 9.78 Å². The van der Waals surface area contributed by atoms with Crippen molar-refractivity contribution in [1.29, 1.82) is 0 Å². The molecule has 2 atom stereocenters. The first-order valence-corrected chi connectivity index (χ1v) is 7.07. The summed E-state index contributed by atoms with van der Waals surface area (Å²) in [4.78, 5) is 13.9. The summed E-state index contributed by atoms with van der Waals surface area (Å²) in [6, 6.07) is 5.96. The number of hydrogen-bond acceptors (Lipinski definition) is 4. The fraction of sp³-hybridized carbons (Fsp3) is 0.357. The zero-order chi connectivity index (χ0) is 13.6. The quantitative estimate of drug-likeness (QED) is 0.785. The van der Waals surface area contributed by atoms with Crippen LogP contribution >= 0.6 is 11.3 Å². The molecule has 0 amide bonds. The fourth-order valence-corrected chi connectivity index (χ4v) is 3.41. The summed E-state index contributed by atoms with van der Waals surface area (Å²) in [6.07, 6.45) is 1.04. The highest BCUT2D eigenvalue weighted by Gasteiger charge is 2.27. The Morgan fingerprint density at radius 3 is 2.95 bits per heavy atom. The van der Waals surface area contributed by atoms with Crippen LogP contribution in [-0.4, -0.2) is 15.2 Å². The average Bonchev–Trinajstić information content (AvgIpc) is 2.81. The molecule has 0 saturated heterocycles. The first-order valence-electron chi connectivity index (χ1n) is 6.25. The van der Waals surface area contributed by atoms with Gasteiger partial charge in [0.1, 0.15) is 0 Å². The minimum absolute atomic E-state index is 0.0381. The first kappa shape index (κ1) is 12.4. The van der Waals surface area contributed by atoms with Crippen LogP contribution in [0.2, 0.25) is 0 Å². The van der Waals surface area contributed by atoms with Gasteiger partial charge in [0, 0.05) is 6.42 Å². The van der Waals surface area contributed by atoms with Crippen LogP contribution < -0.4 is 4.87 Å². The number of aliphatic hydroxyl groups is 1. The monoisotopic (exact) mass is 277 g/mol. The molecule has 0 saturated carbocycles. The summed E-state index contributed by atoms with van der Waals surface area (Å²) in [7, 11) is 0. The molecule has 2 aromatic rings. The summed E-state index contributed by atoms with van der Waals surface area (Å²) in [5, 5.41) is 19.6. The minimum atomic E-state index is -0.374. The number of aromatic amines is 1. The van der Waals surface area contributed by atoms with Crippen LogP contribution in [-0.2, 0) is 12.8 Å². The molecular formula is C14H15NO3S. The summed E-state index contributed by atoms with van der Waals surface area (Å²) in [5.41, 5.74) is 3.22. The lowest BCUT2D eigenvalue weighted by molar-refractivity contribution is 0.133. The number of hydrogen-bond donors (Lipinski definition) is 3. The summed E-state index contributed by atoms with van der Waals surface area (Å²) in [6.45, 7) is 2.04. The van der Waals surface area contributed by atoms with E-state index in [2.05, 4.69) is 11.1 Å². The van der Waals surface area contributed by atoms with Crippen molar-refractivity contribution >= 4 is 11.3 Å². The normalized spacial score (nSPS) is 21.6. The van der Waals surface area contributed by atoms with E-state index in [0.717, 1.165) is 28.9 Å². The van der Waals surface area contributed by atoms with E-state index in [1.807, 2.05) is 19.1 Å². The van der Waals surface area contributed by atoms with Crippen molar-refractivity contribution in [2.45, 2.75) is 25.9 Å². The van der Waals surface area contributed by atoms with Crippen LogP contribution in [0.5, 0.6) is 5.88 Å². The minimum Gasteiger partial charge on any atom is -0.494 e. The maximum atomic E-state index is 11.1. The molecule has 3 rings (SSSR count). The Morgan fingerprint density at radius 2 is 2.26 bits per heavy atom. The summed E-state index contributed by atoms with van der Waals surface area (Å²) < 4.78 is 0. The van der Waals surface area contributed by atoms with Gasteiger partial charge in [0.15, 0.2) is 0 Å². The third kappa shape index (κ3) is 2.19. The Morgan fingerprint density at radius 1 is 1.47 bits per heavy atom. The SMILES string of the molecule is CC1Cc2cc(Cc3sc(=O)[nH]c3O)ccc2C1O. The maximum Gasteiger partial charge on any atom is 0.307 e. The second-order valence-electron chi connectivity index (χ2n) is 5.12. The van der Waals surface area contributed by atoms with Crippen LogP contribution in [0.25, 0.3) is 0 Å². The molecule has 2 unspecified atom stereocenters. The van der Waals surface area contributed by atoms with Crippen molar-refractivity contribution in [3.63, 3.8) is 0 Å². The highest BCUT2D eigenvalue weighted by molar-refractivity contribution is 7.09. The summed E-state index contributed by atoms with van der Waals surface area (Å²) in [5.74, 6) is 0.214. The molecule has 19 heavy (non-hydrogen) atoms. The second kappa shape index (κ2) is 4.51. The van der Waals surface area contributed by atoms with Crippen LogP contribution in [0, 0.1) is 5.92 Å². The zero-order valence-corrected chi connectivity index (χ0v) is 11.3. The third-order valence-electron chi connectivity index (χ3n) is 3.67. The molecule has 1 aliphatic rings. The van der Waals surface area contributed by atoms with Gasteiger partial charge in [-0.1, -0.05) is 36.5 Å². The molecule has 0 radical (unpaired) electrons. The van der Waals surface area contributed by atoms with Crippen LogP contribution in [0.15, 0.2) is 23.0 Å². The smallest absolute Gasteiger partial charge is 0.307 e. The highest BCUT2D eigenvalue weighted by Crippen LogP contribution is 2.36. The lowest BCUT2D eigenvalue weighted by atomic mass is 10.0. The zero-order valence-electron chi connectivity index (χ0n) is 10.5. The average molecular weight is 277 g/mol. The lowest BCUT2D eigenvalue weighted by Crippen LogP contribution is -2.00. The van der Waals surface area contributed by atoms with Crippen molar-refractivity contribution in [2.24, 2.45) is 5.92 Å². The number of rotatable bonds is 2. The molecule has 1 aromatic carbocycles. The number of nitrogens with one attached hydrogen (secondary N) is 1. The van der Waals surface area contributed by atoms with Gasteiger partial charge >= 0.3 is 4.87 Å². The van der Waals surface area contributed by atoms with Gasteiger partial charge < -0.3 is 10.2 Å². The number of aliphatic hydroxyl groups excluding tert-OH is 1. The van der Waals surface area contributed by atoms with Crippen LogP contribution in [0.1, 0.15) is 34.6 Å². The molecule has 0 spiro atoms. The van der Waals surface area contributed by atoms with Crippen molar-refractivity contribution < 1.29 is 10.2 Å². The van der Waals surface area contributed by atoms with E-state index in [1.54, 1.807) is 0 Å². The standard InChI is InChI=1S/C14H15NO3S/c1-7-4-9-5-8(2-3-10(9)12(7)16)6-11-13(17)15-14(18)19-11/h2-3,5,7,12,16-17H,4,6H2,1H3,(H,15,18). The van der Waals surface area contributed by atoms with Crippen molar-refractivity contribution in [2.75, 3.05) is 0 Å². The van der Waals surface area contributed by atoms with E-state index in [4.69, 9.17) is 0 Å². The van der Waals surface area contributed by atoms with E-state index in [1.165, 1.54) is 5.56 Å². The van der Waals surface area contributed by atoms with Gasteiger partial charge in [-0.15, -0.1) is 0 Å². The Balaban J connectivity index is 1.90. The molecule has 3 N–H and O–H groups in total. The molecule has 0 aliphatic heterocycles. The fourth-order valence-electron chi connectivity index (χ4n) is 2.66. The number of aromatic nitrogens is 1. The Bertz CT molecular complexity index is 674. The van der Waals surface area contributed by atoms with E-state index in [-0.39, 0.29) is 22.8 Å². The number of fused-ring (bicyclic) bond motifs is 1. The number of H-pyrrole nitrogens is 1. The predicted octanol–water partition coefficient (Wildman–Crippen LogP) is 1.96. The maximum absolute atomic E-state index is 11.1. The first-order chi connectivity index (χ1) is 9.04. The van der Waals surface area contributed by atoms with Crippen molar-refractivity contribution in [3.05, 3.63) is 49.4 Å². The topological polar surface area (TPSA) is 73.3 Å². The van der Waals surface area contributed by atoms with Gasteiger partial charge in [-0.25, -0.2) is 0 Å². The lowest BCUT2D eigenvalue weighted by Gasteiger charge is -2.08. The highest BCUT2D eigenvalue weighted by atomic mass is 32.1. The van der Waals surface area contributed by atoms with E-state index < -0.39 is 0 Å². The van der Waals surface area contributed by atoms with Gasteiger partial charge in [-0.05, 0) is 29.0 Å². The van der Waals surface area contributed by atoms with Crippen molar-refractivity contribution in [3.8, 4) is 5.88 Å². The van der Waals surface area contributed by atoms with Crippen LogP contribution in [0.3, 0.4) is 0 Å². The Labute approximate surface area is 114 Å². The molecule has 100 valence electrons. The van der Waals surface area contributed by atoms with E-state index in [9.17, 15) is 15.0 Å². The number of aromatic hydroxyl groups is 1. The molecule has 4 nitrogen and oxygen atoms in total. The third-order valence-corrected chi connectivity index (χ3v) is 4.54.